The molecule has 0 aliphatic heterocycles. The predicted octanol–water partition coefficient (Wildman–Crippen LogP) is 7.03. The van der Waals surface area contributed by atoms with E-state index in [0.717, 1.165) is 31.2 Å². The predicted molar refractivity (Wildman–Crippen MR) is 146 cm³/mol. The summed E-state index contributed by atoms with van der Waals surface area (Å²) in [6.07, 6.45) is 3.93. The van der Waals surface area contributed by atoms with E-state index in [1.54, 1.807) is 24.3 Å². The summed E-state index contributed by atoms with van der Waals surface area (Å²) in [5, 5.41) is 4.14. The van der Waals surface area contributed by atoms with Gasteiger partial charge in [-0.25, -0.2) is 4.39 Å². The van der Waals surface area contributed by atoms with Gasteiger partial charge >= 0.3 is 0 Å². The van der Waals surface area contributed by atoms with E-state index >= 15 is 0 Å². The first-order valence-electron chi connectivity index (χ1n) is 12.3. The first-order valence-corrected chi connectivity index (χ1v) is 13.5. The molecule has 1 aliphatic rings. The van der Waals surface area contributed by atoms with Crippen molar-refractivity contribution in [1.82, 2.24) is 10.2 Å². The van der Waals surface area contributed by atoms with Gasteiger partial charge in [0.05, 0.1) is 6.42 Å². The Labute approximate surface area is 231 Å². The molecule has 4 nitrogen and oxygen atoms in total. The molecule has 37 heavy (non-hydrogen) atoms. The monoisotopic (exact) mass is 560 g/mol. The van der Waals surface area contributed by atoms with Crippen LogP contribution in [0.1, 0.15) is 42.4 Å². The normalized spacial score (nSPS) is 14.4. The van der Waals surface area contributed by atoms with Crippen molar-refractivity contribution in [2.45, 2.75) is 57.2 Å². The molecule has 1 atom stereocenters. The highest BCUT2D eigenvalue weighted by Crippen LogP contribution is 2.27. The van der Waals surface area contributed by atoms with Crippen LogP contribution in [0.4, 0.5) is 4.39 Å². The Morgan fingerprint density at radius 1 is 0.946 bits per heavy atom. The third kappa shape index (κ3) is 7.25. The van der Waals surface area contributed by atoms with Crippen molar-refractivity contribution in [3.63, 3.8) is 0 Å². The molecule has 8 heteroatoms. The van der Waals surface area contributed by atoms with Crippen molar-refractivity contribution in [2.75, 3.05) is 0 Å². The Hall–Kier alpha value is -2.60. The third-order valence-corrected chi connectivity index (χ3v) is 7.66. The lowest BCUT2D eigenvalue weighted by atomic mass is 10.0. The topological polar surface area (TPSA) is 49.4 Å². The molecule has 0 aromatic heterocycles. The zero-order chi connectivity index (χ0) is 26.4. The van der Waals surface area contributed by atoms with E-state index in [0.29, 0.717) is 22.0 Å². The summed E-state index contributed by atoms with van der Waals surface area (Å²) in [4.78, 5) is 29.0. The van der Waals surface area contributed by atoms with Crippen molar-refractivity contribution in [3.8, 4) is 0 Å². The molecule has 0 unspecified atom stereocenters. The van der Waals surface area contributed by atoms with Crippen LogP contribution in [0.15, 0.2) is 66.7 Å². The average Bonchev–Trinajstić information content (AvgIpc) is 3.38. The highest BCUT2D eigenvalue weighted by molar-refractivity contribution is 6.35. The second kappa shape index (κ2) is 12.8. The van der Waals surface area contributed by atoms with Crippen LogP contribution in [-0.2, 0) is 29.0 Å². The fourth-order valence-corrected chi connectivity index (χ4v) is 5.41. The molecule has 4 rings (SSSR count). The molecule has 1 aliphatic carbocycles. The van der Waals surface area contributed by atoms with E-state index in [9.17, 15) is 14.0 Å². The Morgan fingerprint density at radius 2 is 1.68 bits per heavy atom. The van der Waals surface area contributed by atoms with Crippen LogP contribution >= 0.6 is 34.8 Å². The molecule has 1 saturated carbocycles. The molecule has 0 heterocycles. The largest absolute Gasteiger partial charge is 0.352 e. The molecule has 0 spiro atoms. The van der Waals surface area contributed by atoms with Crippen LogP contribution in [0.2, 0.25) is 15.1 Å². The first kappa shape index (κ1) is 27.4. The van der Waals surface area contributed by atoms with Crippen molar-refractivity contribution in [2.24, 2.45) is 0 Å². The van der Waals surface area contributed by atoms with E-state index in [1.807, 2.05) is 30.3 Å². The molecule has 2 amide bonds. The van der Waals surface area contributed by atoms with E-state index in [2.05, 4.69) is 5.32 Å². The lowest BCUT2D eigenvalue weighted by Gasteiger charge is -2.33. The van der Waals surface area contributed by atoms with Gasteiger partial charge in [0, 0.05) is 39.6 Å². The van der Waals surface area contributed by atoms with Gasteiger partial charge in [0.2, 0.25) is 11.8 Å². The quantitative estimate of drug-likeness (QED) is 0.305. The Morgan fingerprint density at radius 3 is 2.35 bits per heavy atom. The van der Waals surface area contributed by atoms with Crippen molar-refractivity contribution >= 4 is 46.6 Å². The van der Waals surface area contributed by atoms with Gasteiger partial charge in [-0.3, -0.25) is 9.59 Å². The maximum atomic E-state index is 14.6. The van der Waals surface area contributed by atoms with Crippen molar-refractivity contribution in [1.29, 1.82) is 0 Å². The summed E-state index contributed by atoms with van der Waals surface area (Å²) in [5.74, 6) is -1.24. The minimum Gasteiger partial charge on any atom is -0.352 e. The zero-order valence-corrected chi connectivity index (χ0v) is 22.5. The molecule has 0 bridgehead atoms. The second-order valence-corrected chi connectivity index (χ2v) is 10.6. The Balaban J connectivity index is 1.71. The molecule has 1 N–H and O–H groups in total. The maximum Gasteiger partial charge on any atom is 0.243 e. The fraction of sp³-hybridized carbons (Fsp3) is 0.310. The van der Waals surface area contributed by atoms with Crippen LogP contribution in [0.5, 0.6) is 0 Å². The lowest BCUT2D eigenvalue weighted by Crippen LogP contribution is -2.52. The van der Waals surface area contributed by atoms with E-state index in [1.165, 1.54) is 17.0 Å². The van der Waals surface area contributed by atoms with E-state index in [4.69, 9.17) is 34.8 Å². The Kier molecular flexibility index (Phi) is 9.47. The van der Waals surface area contributed by atoms with Crippen molar-refractivity contribution in [3.05, 3.63) is 104 Å². The van der Waals surface area contributed by atoms with Gasteiger partial charge in [-0.15, -0.1) is 0 Å². The number of benzene rings is 3. The van der Waals surface area contributed by atoms with Crippen molar-refractivity contribution < 1.29 is 14.0 Å². The molecule has 1 fully saturated rings. The minimum absolute atomic E-state index is 0.0521. The number of carbonyl (C=O) groups is 2. The van der Waals surface area contributed by atoms with Crippen LogP contribution in [0.3, 0.4) is 0 Å². The lowest BCUT2D eigenvalue weighted by molar-refractivity contribution is -0.141. The standard InChI is InChI=1S/C29H28Cl3FN2O2/c30-21-14-13-20(25(32)16-21)18-35(28(36)17-23-24(31)11-6-12-26(23)33)27(15-19-7-2-1-3-8-19)29(37)34-22-9-4-5-10-22/h1-3,6-8,11-14,16,22,27H,4-5,9-10,15,17-18H2,(H,34,37)/t27-/m1/s1. The van der Waals surface area contributed by atoms with Gasteiger partial charge < -0.3 is 10.2 Å². The highest BCUT2D eigenvalue weighted by Gasteiger charge is 2.33. The number of halogens is 4. The van der Waals surface area contributed by atoms with Gasteiger partial charge in [0.25, 0.3) is 0 Å². The number of hydrogen-bond donors (Lipinski definition) is 1. The molecule has 0 saturated heterocycles. The summed E-state index contributed by atoms with van der Waals surface area (Å²) in [7, 11) is 0. The summed E-state index contributed by atoms with van der Waals surface area (Å²) in [5.41, 5.74) is 1.62. The number of rotatable bonds is 9. The number of hydrogen-bond acceptors (Lipinski definition) is 2. The molecule has 194 valence electrons. The van der Waals surface area contributed by atoms with Gasteiger partial charge in [0.15, 0.2) is 0 Å². The minimum atomic E-state index is -0.840. The smallest absolute Gasteiger partial charge is 0.243 e. The average molecular weight is 562 g/mol. The van der Waals surface area contributed by atoms with Gasteiger partial charge in [-0.1, -0.05) is 90.1 Å². The summed E-state index contributed by atoms with van der Waals surface area (Å²) in [6, 6.07) is 18.1. The van der Waals surface area contributed by atoms with Crippen LogP contribution in [0.25, 0.3) is 0 Å². The fourth-order valence-electron chi connectivity index (χ4n) is 4.71. The molecule has 3 aromatic carbocycles. The third-order valence-electron chi connectivity index (χ3n) is 6.72. The Bertz CT molecular complexity index is 1230. The molecular formula is C29H28Cl3FN2O2. The number of carbonyl (C=O) groups excluding carboxylic acids is 2. The summed E-state index contributed by atoms with van der Waals surface area (Å²) >= 11 is 18.8. The summed E-state index contributed by atoms with van der Waals surface area (Å²) < 4.78 is 14.6. The SMILES string of the molecule is O=C(NC1CCCC1)[C@@H](Cc1ccccc1)N(Cc1ccc(Cl)cc1Cl)C(=O)Cc1c(F)cccc1Cl. The number of nitrogens with zero attached hydrogens (tertiary/aromatic N) is 1. The van der Waals surface area contributed by atoms with Crippen LogP contribution < -0.4 is 5.32 Å². The summed E-state index contributed by atoms with van der Waals surface area (Å²) in [6.45, 7) is 0.0521. The van der Waals surface area contributed by atoms with E-state index < -0.39 is 17.8 Å². The highest BCUT2D eigenvalue weighted by atomic mass is 35.5. The van der Waals surface area contributed by atoms with Gasteiger partial charge in [-0.2, -0.15) is 0 Å². The molecule has 3 aromatic rings. The number of nitrogens with one attached hydrogen (secondary N) is 1. The van der Waals surface area contributed by atoms with E-state index in [-0.39, 0.29) is 35.5 Å². The van der Waals surface area contributed by atoms with Gasteiger partial charge in [-0.05, 0) is 48.2 Å². The second-order valence-electron chi connectivity index (χ2n) is 9.33. The van der Waals surface area contributed by atoms with Crippen LogP contribution in [-0.4, -0.2) is 28.8 Å². The maximum absolute atomic E-state index is 14.6. The zero-order valence-electron chi connectivity index (χ0n) is 20.2. The van der Waals surface area contributed by atoms with Gasteiger partial charge in [0.1, 0.15) is 11.9 Å². The molecule has 0 radical (unpaired) electrons. The first-order chi connectivity index (χ1) is 17.8. The molecular weight excluding hydrogens is 534 g/mol. The van der Waals surface area contributed by atoms with Crippen LogP contribution in [0, 0.1) is 5.82 Å². The number of amides is 2.